The molecule has 34 heavy (non-hydrogen) atoms. The van der Waals surface area contributed by atoms with Crippen molar-refractivity contribution < 1.29 is 19.0 Å². The van der Waals surface area contributed by atoms with Crippen molar-refractivity contribution in [2.75, 3.05) is 19.1 Å². The quantitative estimate of drug-likeness (QED) is 0.161. The summed E-state index contributed by atoms with van der Waals surface area (Å²) in [6.07, 6.45) is 1.81. The molecular weight excluding hydrogens is 605 g/mol. The molecule has 0 spiro atoms. The Morgan fingerprint density at radius 1 is 1.06 bits per heavy atom. The van der Waals surface area contributed by atoms with Gasteiger partial charge in [-0.2, -0.15) is 0 Å². The first-order chi connectivity index (χ1) is 16.4. The summed E-state index contributed by atoms with van der Waals surface area (Å²) >= 11 is 14.9. The van der Waals surface area contributed by atoms with Gasteiger partial charge in [-0.3, -0.25) is 9.69 Å². The summed E-state index contributed by atoms with van der Waals surface area (Å²) in [5, 5.41) is 0.677. The van der Waals surface area contributed by atoms with Gasteiger partial charge in [0.05, 0.1) is 28.4 Å². The van der Waals surface area contributed by atoms with E-state index in [1.54, 1.807) is 20.3 Å². The highest BCUT2D eigenvalue weighted by atomic mass is 127. The number of amides is 1. The van der Waals surface area contributed by atoms with Crippen molar-refractivity contribution in [2.45, 2.75) is 6.61 Å². The first-order valence-corrected chi connectivity index (χ1v) is 12.7. The van der Waals surface area contributed by atoms with E-state index < -0.39 is 0 Å². The third-order valence-electron chi connectivity index (χ3n) is 4.97. The lowest BCUT2D eigenvalue weighted by molar-refractivity contribution is -0.113. The minimum absolute atomic E-state index is 0.198. The molecule has 0 aromatic heterocycles. The molecule has 3 aromatic carbocycles. The number of thioether (sulfide) groups is 1. The predicted molar refractivity (Wildman–Crippen MR) is 150 cm³/mol. The van der Waals surface area contributed by atoms with Crippen LogP contribution in [0.3, 0.4) is 0 Å². The van der Waals surface area contributed by atoms with E-state index in [0.29, 0.717) is 43.8 Å². The molecule has 0 saturated carbocycles. The molecule has 0 bridgehead atoms. The number of benzene rings is 3. The Kier molecular flexibility index (Phi) is 8.02. The second-order valence-corrected chi connectivity index (χ2v) is 10.4. The van der Waals surface area contributed by atoms with Crippen LogP contribution < -0.4 is 19.1 Å². The van der Waals surface area contributed by atoms with Crippen LogP contribution in [-0.2, 0) is 11.4 Å². The Labute approximate surface area is 226 Å². The molecule has 0 aliphatic carbocycles. The van der Waals surface area contributed by atoms with E-state index in [1.807, 2.05) is 60.7 Å². The number of hydrogen-bond acceptors (Lipinski definition) is 6. The predicted octanol–water partition coefficient (Wildman–Crippen LogP) is 6.95. The average molecular weight is 624 g/mol. The summed E-state index contributed by atoms with van der Waals surface area (Å²) in [6.45, 7) is 0.375. The number of thiocarbonyl (C=S) groups is 1. The molecule has 1 aliphatic heterocycles. The SMILES string of the molecule is COc1ccccc1N1C(=O)C(=Cc2cc(I)c(OCc3ccc(Cl)cc3)c(OC)c2)SC1=S. The number of para-hydroxylation sites is 2. The zero-order valence-corrected chi connectivity index (χ0v) is 22.8. The van der Waals surface area contributed by atoms with Crippen LogP contribution >= 0.6 is 58.2 Å². The maximum atomic E-state index is 13.2. The van der Waals surface area contributed by atoms with Crippen LogP contribution in [-0.4, -0.2) is 24.4 Å². The van der Waals surface area contributed by atoms with Crippen molar-refractivity contribution >= 4 is 80.2 Å². The zero-order chi connectivity index (χ0) is 24.2. The number of anilines is 1. The monoisotopic (exact) mass is 623 g/mol. The van der Waals surface area contributed by atoms with Gasteiger partial charge in [-0.25, -0.2) is 0 Å². The molecule has 1 aliphatic rings. The molecule has 0 radical (unpaired) electrons. The molecule has 3 aromatic rings. The molecular formula is C25H19ClINO4S2. The maximum Gasteiger partial charge on any atom is 0.270 e. The number of methoxy groups -OCH3 is 2. The van der Waals surface area contributed by atoms with Gasteiger partial charge in [-0.1, -0.05) is 59.8 Å². The van der Waals surface area contributed by atoms with Crippen molar-refractivity contribution in [1.29, 1.82) is 0 Å². The number of rotatable bonds is 7. The van der Waals surface area contributed by atoms with Crippen molar-refractivity contribution in [2.24, 2.45) is 0 Å². The summed E-state index contributed by atoms with van der Waals surface area (Å²) in [6, 6.07) is 18.6. The number of carbonyl (C=O) groups excluding carboxylic acids is 1. The van der Waals surface area contributed by atoms with E-state index in [4.69, 9.17) is 38.0 Å². The van der Waals surface area contributed by atoms with Crippen molar-refractivity contribution in [3.05, 3.63) is 85.3 Å². The molecule has 5 nitrogen and oxygen atoms in total. The van der Waals surface area contributed by atoms with Gasteiger partial charge in [0, 0.05) is 5.02 Å². The van der Waals surface area contributed by atoms with Gasteiger partial charge in [-0.15, -0.1) is 0 Å². The first-order valence-electron chi connectivity index (χ1n) is 10.1. The fourth-order valence-corrected chi connectivity index (χ4v) is 5.53. The maximum absolute atomic E-state index is 13.2. The lowest BCUT2D eigenvalue weighted by Crippen LogP contribution is -2.27. The standard InChI is InChI=1S/C25H19ClINO4S2/c1-30-20-6-4-3-5-19(20)28-24(29)22(34-25(28)33)13-16-11-18(27)23(21(12-16)31-2)32-14-15-7-9-17(26)10-8-15/h3-13H,14H2,1-2H3. The molecule has 1 heterocycles. The topological polar surface area (TPSA) is 48.0 Å². The van der Waals surface area contributed by atoms with Gasteiger partial charge in [0.1, 0.15) is 12.4 Å². The van der Waals surface area contributed by atoms with E-state index >= 15 is 0 Å². The Bertz CT molecular complexity index is 1280. The smallest absolute Gasteiger partial charge is 0.270 e. The van der Waals surface area contributed by atoms with Crippen LogP contribution in [0.25, 0.3) is 6.08 Å². The second kappa shape index (κ2) is 11.0. The number of nitrogens with zero attached hydrogens (tertiary/aromatic N) is 1. The van der Waals surface area contributed by atoms with Gasteiger partial charge in [-0.05, 0) is 76.2 Å². The largest absolute Gasteiger partial charge is 0.495 e. The van der Waals surface area contributed by atoms with E-state index in [9.17, 15) is 4.79 Å². The Balaban J connectivity index is 1.59. The third-order valence-corrected chi connectivity index (χ3v) is 7.32. The summed E-state index contributed by atoms with van der Waals surface area (Å²) in [5.74, 6) is 1.60. The number of carbonyl (C=O) groups is 1. The number of ether oxygens (including phenoxy) is 3. The third kappa shape index (κ3) is 5.35. The number of hydrogen-bond donors (Lipinski definition) is 0. The lowest BCUT2D eigenvalue weighted by Gasteiger charge is -2.17. The summed E-state index contributed by atoms with van der Waals surface area (Å²) < 4.78 is 18.3. The van der Waals surface area contributed by atoms with Gasteiger partial charge >= 0.3 is 0 Å². The highest BCUT2D eigenvalue weighted by Gasteiger charge is 2.35. The van der Waals surface area contributed by atoms with Crippen LogP contribution in [0.1, 0.15) is 11.1 Å². The summed E-state index contributed by atoms with van der Waals surface area (Å²) in [7, 11) is 3.16. The Hall–Kier alpha value is -2.27. The molecule has 0 atom stereocenters. The molecule has 174 valence electrons. The Morgan fingerprint density at radius 2 is 1.76 bits per heavy atom. The molecule has 0 N–H and O–H groups in total. The molecule has 4 rings (SSSR count). The average Bonchev–Trinajstić information content (AvgIpc) is 3.11. The minimum Gasteiger partial charge on any atom is -0.495 e. The minimum atomic E-state index is -0.198. The summed E-state index contributed by atoms with van der Waals surface area (Å²) in [5.41, 5.74) is 2.42. The van der Waals surface area contributed by atoms with Crippen molar-refractivity contribution in [1.82, 2.24) is 0 Å². The second-order valence-electron chi connectivity index (χ2n) is 7.14. The van der Waals surface area contributed by atoms with E-state index in [0.717, 1.165) is 14.7 Å². The van der Waals surface area contributed by atoms with Gasteiger partial charge in [0.25, 0.3) is 5.91 Å². The van der Waals surface area contributed by atoms with Gasteiger partial charge in [0.15, 0.2) is 15.8 Å². The van der Waals surface area contributed by atoms with Crippen LogP contribution in [0.2, 0.25) is 5.02 Å². The molecule has 1 fully saturated rings. The van der Waals surface area contributed by atoms with Crippen molar-refractivity contribution in [3.63, 3.8) is 0 Å². The lowest BCUT2D eigenvalue weighted by atomic mass is 10.1. The van der Waals surface area contributed by atoms with Gasteiger partial charge in [0.2, 0.25) is 0 Å². The zero-order valence-electron chi connectivity index (χ0n) is 18.2. The van der Waals surface area contributed by atoms with Crippen LogP contribution in [0, 0.1) is 3.57 Å². The molecule has 0 unspecified atom stereocenters. The van der Waals surface area contributed by atoms with Crippen LogP contribution in [0.4, 0.5) is 5.69 Å². The fraction of sp³-hybridized carbons (Fsp3) is 0.120. The highest BCUT2D eigenvalue weighted by molar-refractivity contribution is 14.1. The Morgan fingerprint density at radius 3 is 2.47 bits per heavy atom. The molecule has 1 amide bonds. The highest BCUT2D eigenvalue weighted by Crippen LogP contribution is 2.41. The van der Waals surface area contributed by atoms with Crippen LogP contribution in [0.5, 0.6) is 17.2 Å². The number of halogens is 2. The fourth-order valence-electron chi connectivity index (χ4n) is 3.34. The summed E-state index contributed by atoms with van der Waals surface area (Å²) in [4.78, 5) is 15.2. The van der Waals surface area contributed by atoms with Gasteiger partial charge < -0.3 is 14.2 Å². The molecule has 9 heteroatoms. The molecule has 1 saturated heterocycles. The van der Waals surface area contributed by atoms with E-state index in [1.165, 1.54) is 16.7 Å². The first kappa shape index (κ1) is 24.8. The normalized spacial score (nSPS) is 14.6. The van der Waals surface area contributed by atoms with Crippen molar-refractivity contribution in [3.8, 4) is 17.2 Å². The van der Waals surface area contributed by atoms with Crippen LogP contribution in [0.15, 0.2) is 65.6 Å². The van der Waals surface area contributed by atoms with E-state index in [-0.39, 0.29) is 5.91 Å². The van der Waals surface area contributed by atoms with E-state index in [2.05, 4.69) is 22.6 Å².